The van der Waals surface area contributed by atoms with E-state index in [1.165, 1.54) is 6.33 Å². The zero-order valence-corrected chi connectivity index (χ0v) is 5.19. The maximum Gasteiger partial charge on any atom is 0.139 e. The highest BCUT2D eigenvalue weighted by Gasteiger charge is 2.28. The highest BCUT2D eigenvalue weighted by Crippen LogP contribution is 2.31. The van der Waals surface area contributed by atoms with Crippen LogP contribution in [0.5, 0.6) is 0 Å². The van der Waals surface area contributed by atoms with Crippen molar-refractivity contribution >= 4 is 0 Å². The Bertz CT molecular complexity index is 251. The van der Waals surface area contributed by atoms with Gasteiger partial charge in [0.1, 0.15) is 12.4 Å². The van der Waals surface area contributed by atoms with Gasteiger partial charge in [-0.3, -0.25) is 5.26 Å². The van der Waals surface area contributed by atoms with Crippen LogP contribution in [-0.2, 0) is 11.3 Å². The van der Waals surface area contributed by atoms with Gasteiger partial charge in [-0.2, -0.15) is 0 Å². The first-order valence-electron chi connectivity index (χ1n) is 3.01. The van der Waals surface area contributed by atoms with Crippen molar-refractivity contribution < 1.29 is 10.1 Å². The number of fused-ring (bicyclic) bond motifs is 1. The summed E-state index contributed by atoms with van der Waals surface area (Å²) in [6, 6.07) is 0. The lowest BCUT2D eigenvalue weighted by Crippen LogP contribution is -2.20. The maximum atomic E-state index is 8.27. The van der Waals surface area contributed by atoms with Crippen molar-refractivity contribution in [1.29, 1.82) is 0 Å². The van der Waals surface area contributed by atoms with Crippen LogP contribution in [-0.4, -0.2) is 15.2 Å². The molecule has 10 heavy (non-hydrogen) atoms. The van der Waals surface area contributed by atoms with Gasteiger partial charge < -0.3 is 0 Å². The molecule has 1 aliphatic carbocycles. The van der Waals surface area contributed by atoms with E-state index in [0.717, 1.165) is 11.3 Å². The van der Waals surface area contributed by atoms with Crippen molar-refractivity contribution in [2.24, 2.45) is 0 Å². The van der Waals surface area contributed by atoms with Gasteiger partial charge in [0.25, 0.3) is 0 Å². The molecule has 0 fully saturated rings. The molecule has 52 valence electrons. The molecule has 0 spiro atoms. The van der Waals surface area contributed by atoms with Crippen LogP contribution in [0.25, 0.3) is 0 Å². The van der Waals surface area contributed by atoms with Crippen LogP contribution in [0, 0.1) is 0 Å². The van der Waals surface area contributed by atoms with Gasteiger partial charge in [-0.05, 0) is 5.56 Å². The third kappa shape index (κ3) is 0.630. The molecule has 4 nitrogen and oxygen atoms in total. The van der Waals surface area contributed by atoms with Crippen molar-refractivity contribution in [2.75, 3.05) is 0 Å². The largest absolute Gasteiger partial charge is 0.251 e. The summed E-state index contributed by atoms with van der Waals surface area (Å²) in [6.07, 6.45) is 3.67. The van der Waals surface area contributed by atoms with Gasteiger partial charge in [0, 0.05) is 12.6 Å². The summed E-state index contributed by atoms with van der Waals surface area (Å²) in [7, 11) is 0. The van der Waals surface area contributed by atoms with Gasteiger partial charge in [0.2, 0.25) is 0 Å². The molecular formula is C6H6N2O2. The Kier molecular flexibility index (Phi) is 1.15. The lowest BCUT2D eigenvalue weighted by molar-refractivity contribution is -0.288. The summed E-state index contributed by atoms with van der Waals surface area (Å²) in [6.45, 7) is 0. The second kappa shape index (κ2) is 2.00. The number of hydrogen-bond donors (Lipinski definition) is 1. The van der Waals surface area contributed by atoms with E-state index in [1.54, 1.807) is 6.20 Å². The fraction of sp³-hybridized carbons (Fsp3) is 0.333. The second-order valence-electron chi connectivity index (χ2n) is 2.23. The van der Waals surface area contributed by atoms with Crippen molar-refractivity contribution in [2.45, 2.75) is 12.5 Å². The van der Waals surface area contributed by atoms with E-state index < -0.39 is 0 Å². The minimum absolute atomic E-state index is 0.224. The van der Waals surface area contributed by atoms with Gasteiger partial charge in [0.05, 0.1) is 5.69 Å². The molecule has 2 rings (SSSR count). The third-order valence-corrected chi connectivity index (χ3v) is 1.66. The molecule has 1 heterocycles. The minimum atomic E-state index is -0.224. The summed E-state index contributed by atoms with van der Waals surface area (Å²) < 4.78 is 0. The first-order chi connectivity index (χ1) is 4.92. The van der Waals surface area contributed by atoms with Crippen LogP contribution in [0.15, 0.2) is 12.5 Å². The SMILES string of the molecule is OOC1Cc2cncnc21. The first-order valence-corrected chi connectivity index (χ1v) is 3.01. The smallest absolute Gasteiger partial charge is 0.139 e. The molecule has 0 aliphatic heterocycles. The van der Waals surface area contributed by atoms with Gasteiger partial charge in [0.15, 0.2) is 0 Å². The fourth-order valence-electron chi connectivity index (χ4n) is 1.07. The average molecular weight is 138 g/mol. The van der Waals surface area contributed by atoms with Crippen LogP contribution in [0.4, 0.5) is 0 Å². The molecular weight excluding hydrogens is 132 g/mol. The Morgan fingerprint density at radius 1 is 1.70 bits per heavy atom. The van der Waals surface area contributed by atoms with Crippen molar-refractivity contribution in [3.05, 3.63) is 23.8 Å². The number of hydrogen-bond acceptors (Lipinski definition) is 4. The molecule has 0 radical (unpaired) electrons. The van der Waals surface area contributed by atoms with Crippen LogP contribution in [0.1, 0.15) is 17.4 Å². The number of rotatable bonds is 1. The predicted octanol–water partition coefficient (Wildman–Crippen LogP) is 0.563. The standard InChI is InChI=1S/C6H6N2O2/c9-10-5-1-4-2-7-3-8-6(4)5/h2-3,5,9H,1H2. The lowest BCUT2D eigenvalue weighted by atomic mass is 9.92. The van der Waals surface area contributed by atoms with E-state index in [9.17, 15) is 0 Å². The molecule has 0 bridgehead atoms. The van der Waals surface area contributed by atoms with Gasteiger partial charge in [-0.1, -0.05) is 0 Å². The summed E-state index contributed by atoms with van der Waals surface area (Å²) in [5.41, 5.74) is 1.86. The first kappa shape index (κ1) is 5.76. The molecule has 4 heteroatoms. The van der Waals surface area contributed by atoms with E-state index in [0.29, 0.717) is 6.42 Å². The summed E-state index contributed by atoms with van der Waals surface area (Å²) in [5.74, 6) is 0. The predicted molar refractivity (Wildman–Crippen MR) is 32.2 cm³/mol. The molecule has 1 atom stereocenters. The maximum absolute atomic E-state index is 8.27. The van der Waals surface area contributed by atoms with Crippen LogP contribution < -0.4 is 0 Å². The third-order valence-electron chi connectivity index (χ3n) is 1.66. The quantitative estimate of drug-likeness (QED) is 0.455. The molecule has 1 aliphatic rings. The molecule has 1 N–H and O–H groups in total. The zero-order valence-electron chi connectivity index (χ0n) is 5.19. The van der Waals surface area contributed by atoms with Crippen LogP contribution in [0.3, 0.4) is 0 Å². The van der Waals surface area contributed by atoms with Crippen LogP contribution >= 0.6 is 0 Å². The van der Waals surface area contributed by atoms with Crippen molar-refractivity contribution in [3.8, 4) is 0 Å². The second-order valence-corrected chi connectivity index (χ2v) is 2.23. The molecule has 1 aromatic heterocycles. The van der Waals surface area contributed by atoms with Crippen LogP contribution in [0.2, 0.25) is 0 Å². The Morgan fingerprint density at radius 3 is 3.30 bits per heavy atom. The minimum Gasteiger partial charge on any atom is -0.251 e. The van der Waals surface area contributed by atoms with Gasteiger partial charge in [-0.25, -0.2) is 14.9 Å². The summed E-state index contributed by atoms with van der Waals surface area (Å²) in [5, 5.41) is 8.27. The number of nitrogens with zero attached hydrogens (tertiary/aromatic N) is 2. The van der Waals surface area contributed by atoms with Gasteiger partial charge in [-0.15, -0.1) is 0 Å². The molecule has 1 unspecified atom stereocenters. The Hall–Kier alpha value is -1.00. The zero-order chi connectivity index (χ0) is 6.97. The number of aromatic nitrogens is 2. The average Bonchev–Trinajstić information content (AvgIpc) is 1.92. The highest BCUT2D eigenvalue weighted by molar-refractivity contribution is 5.29. The topological polar surface area (TPSA) is 55.2 Å². The Labute approximate surface area is 57.4 Å². The Morgan fingerprint density at radius 2 is 2.60 bits per heavy atom. The molecule has 1 aromatic rings. The molecule has 0 saturated heterocycles. The van der Waals surface area contributed by atoms with Crippen molar-refractivity contribution in [3.63, 3.8) is 0 Å². The monoisotopic (exact) mass is 138 g/mol. The van der Waals surface area contributed by atoms with E-state index in [-0.39, 0.29) is 6.10 Å². The fourth-order valence-corrected chi connectivity index (χ4v) is 1.07. The van der Waals surface area contributed by atoms with Gasteiger partial charge >= 0.3 is 0 Å². The molecule has 0 amide bonds. The van der Waals surface area contributed by atoms with E-state index in [4.69, 9.17) is 5.26 Å². The summed E-state index contributed by atoms with van der Waals surface area (Å²) in [4.78, 5) is 11.9. The lowest BCUT2D eigenvalue weighted by Gasteiger charge is -2.23. The van der Waals surface area contributed by atoms with E-state index >= 15 is 0 Å². The molecule has 0 saturated carbocycles. The normalized spacial score (nSPS) is 21.5. The Balaban J connectivity index is 2.34. The van der Waals surface area contributed by atoms with Crippen molar-refractivity contribution in [1.82, 2.24) is 9.97 Å². The highest BCUT2D eigenvalue weighted by atomic mass is 17.1. The van der Waals surface area contributed by atoms with E-state index in [1.807, 2.05) is 0 Å². The van der Waals surface area contributed by atoms with E-state index in [2.05, 4.69) is 14.9 Å². The summed E-state index contributed by atoms with van der Waals surface area (Å²) >= 11 is 0. The molecule has 0 aromatic carbocycles.